The van der Waals surface area contributed by atoms with E-state index in [0.29, 0.717) is 17.5 Å². The Morgan fingerprint density at radius 2 is 1.95 bits per heavy atom. The van der Waals surface area contributed by atoms with Gasteiger partial charge in [-0.25, -0.2) is 4.98 Å². The molecule has 5 nitrogen and oxygen atoms in total. The predicted octanol–water partition coefficient (Wildman–Crippen LogP) is 2.76. The first-order valence-electron chi connectivity index (χ1n) is 7.07. The standard InChI is InChI=1S/C16H17N3O2/c1-11(21-13-5-3-2-4-6-13)16(20)19-15-14(12-7-8-12)17-9-10-18-15/h2-6,9-12H,7-8H2,1H3,(H,18,19,20). The van der Waals surface area contributed by atoms with E-state index < -0.39 is 6.10 Å². The van der Waals surface area contributed by atoms with Crippen LogP contribution in [-0.2, 0) is 4.79 Å². The predicted molar refractivity (Wildman–Crippen MR) is 79.2 cm³/mol. The van der Waals surface area contributed by atoms with Crippen LogP contribution in [0.3, 0.4) is 0 Å². The largest absolute Gasteiger partial charge is 0.481 e. The van der Waals surface area contributed by atoms with Crippen LogP contribution in [0.5, 0.6) is 5.75 Å². The lowest BCUT2D eigenvalue weighted by atomic mass is 10.2. The highest BCUT2D eigenvalue weighted by Gasteiger charge is 2.29. The van der Waals surface area contributed by atoms with Crippen LogP contribution >= 0.6 is 0 Å². The quantitative estimate of drug-likeness (QED) is 0.916. The molecule has 0 bridgehead atoms. The number of ether oxygens (including phenoxy) is 1. The molecule has 0 radical (unpaired) electrons. The minimum absolute atomic E-state index is 0.221. The summed E-state index contributed by atoms with van der Waals surface area (Å²) in [6.45, 7) is 1.72. The van der Waals surface area contributed by atoms with Crippen molar-refractivity contribution in [3.8, 4) is 5.75 Å². The third-order valence-electron chi connectivity index (χ3n) is 3.36. The third kappa shape index (κ3) is 3.37. The molecule has 0 spiro atoms. The molecule has 0 aliphatic heterocycles. The Kier molecular flexibility index (Phi) is 3.81. The second-order valence-electron chi connectivity index (χ2n) is 5.13. The van der Waals surface area contributed by atoms with Crippen molar-refractivity contribution in [2.75, 3.05) is 5.32 Å². The first kappa shape index (κ1) is 13.5. The number of aromatic nitrogens is 2. The normalized spacial score (nSPS) is 15.3. The Morgan fingerprint density at radius 3 is 2.67 bits per heavy atom. The highest BCUT2D eigenvalue weighted by atomic mass is 16.5. The van der Waals surface area contributed by atoms with Gasteiger partial charge >= 0.3 is 0 Å². The zero-order valence-electron chi connectivity index (χ0n) is 11.8. The monoisotopic (exact) mass is 283 g/mol. The zero-order chi connectivity index (χ0) is 14.7. The van der Waals surface area contributed by atoms with Gasteiger partial charge in [-0.05, 0) is 31.9 Å². The molecule has 1 unspecified atom stereocenters. The molecule has 1 heterocycles. The molecule has 1 amide bonds. The number of hydrogen-bond donors (Lipinski definition) is 1. The van der Waals surface area contributed by atoms with Crippen LogP contribution in [0.25, 0.3) is 0 Å². The molecular formula is C16H17N3O2. The van der Waals surface area contributed by atoms with Crippen molar-refractivity contribution in [1.82, 2.24) is 9.97 Å². The number of nitrogens with one attached hydrogen (secondary N) is 1. The van der Waals surface area contributed by atoms with E-state index in [2.05, 4.69) is 15.3 Å². The van der Waals surface area contributed by atoms with Gasteiger partial charge in [0.15, 0.2) is 11.9 Å². The number of hydrogen-bond acceptors (Lipinski definition) is 4. The number of rotatable bonds is 5. The number of benzene rings is 1. The van der Waals surface area contributed by atoms with Crippen LogP contribution < -0.4 is 10.1 Å². The maximum absolute atomic E-state index is 12.2. The topological polar surface area (TPSA) is 64.1 Å². The Hall–Kier alpha value is -2.43. The Balaban J connectivity index is 1.66. The second kappa shape index (κ2) is 5.91. The summed E-state index contributed by atoms with van der Waals surface area (Å²) in [7, 11) is 0. The molecule has 1 aromatic heterocycles. The van der Waals surface area contributed by atoms with Gasteiger partial charge in [-0.15, -0.1) is 0 Å². The van der Waals surface area contributed by atoms with E-state index in [1.54, 1.807) is 19.3 Å². The summed E-state index contributed by atoms with van der Waals surface area (Å²) in [6.07, 6.45) is 4.87. The molecule has 1 aliphatic carbocycles. The van der Waals surface area contributed by atoms with Gasteiger partial charge in [0.25, 0.3) is 5.91 Å². The fourth-order valence-electron chi connectivity index (χ4n) is 2.08. The van der Waals surface area contributed by atoms with Gasteiger partial charge in [-0.3, -0.25) is 9.78 Å². The van der Waals surface area contributed by atoms with E-state index in [4.69, 9.17) is 4.74 Å². The summed E-state index contributed by atoms with van der Waals surface area (Å²) >= 11 is 0. The summed E-state index contributed by atoms with van der Waals surface area (Å²) in [5.74, 6) is 1.43. The van der Waals surface area contributed by atoms with Crippen molar-refractivity contribution < 1.29 is 9.53 Å². The summed E-state index contributed by atoms with van der Waals surface area (Å²) in [4.78, 5) is 20.7. The molecule has 1 atom stereocenters. The van der Waals surface area contributed by atoms with Crippen molar-refractivity contribution in [2.24, 2.45) is 0 Å². The molecule has 1 saturated carbocycles. The molecule has 5 heteroatoms. The molecule has 3 rings (SSSR count). The fourth-order valence-corrected chi connectivity index (χ4v) is 2.08. The second-order valence-corrected chi connectivity index (χ2v) is 5.13. The third-order valence-corrected chi connectivity index (χ3v) is 3.36. The average molecular weight is 283 g/mol. The lowest BCUT2D eigenvalue weighted by molar-refractivity contribution is -0.122. The lowest BCUT2D eigenvalue weighted by Crippen LogP contribution is -2.31. The van der Waals surface area contributed by atoms with Gasteiger partial charge in [-0.2, -0.15) is 0 Å². The van der Waals surface area contributed by atoms with Crippen LogP contribution in [0, 0.1) is 0 Å². The number of carbonyl (C=O) groups excluding carboxylic acids is 1. The highest BCUT2D eigenvalue weighted by Crippen LogP contribution is 2.41. The number of nitrogens with zero attached hydrogens (tertiary/aromatic N) is 2. The minimum atomic E-state index is -0.596. The van der Waals surface area contributed by atoms with Crippen molar-refractivity contribution >= 4 is 11.7 Å². The highest BCUT2D eigenvalue weighted by molar-refractivity contribution is 5.93. The van der Waals surface area contributed by atoms with E-state index in [9.17, 15) is 4.79 Å². The first-order valence-corrected chi connectivity index (χ1v) is 7.07. The van der Waals surface area contributed by atoms with E-state index in [1.807, 2.05) is 30.3 Å². The van der Waals surface area contributed by atoms with E-state index in [-0.39, 0.29) is 5.91 Å². The summed E-state index contributed by atoms with van der Waals surface area (Å²) in [5.41, 5.74) is 0.873. The van der Waals surface area contributed by atoms with Gasteiger partial charge in [0.1, 0.15) is 5.75 Å². The Bertz CT molecular complexity index is 626. The zero-order valence-corrected chi connectivity index (χ0v) is 11.8. The van der Waals surface area contributed by atoms with Gasteiger partial charge < -0.3 is 10.1 Å². The average Bonchev–Trinajstić information content (AvgIpc) is 3.33. The van der Waals surface area contributed by atoms with Crippen molar-refractivity contribution in [1.29, 1.82) is 0 Å². The van der Waals surface area contributed by atoms with Crippen LogP contribution in [-0.4, -0.2) is 22.0 Å². The molecule has 0 saturated heterocycles. The van der Waals surface area contributed by atoms with Crippen molar-refractivity contribution in [3.05, 3.63) is 48.4 Å². The molecular weight excluding hydrogens is 266 g/mol. The van der Waals surface area contributed by atoms with E-state index >= 15 is 0 Å². The summed E-state index contributed by atoms with van der Waals surface area (Å²) < 4.78 is 5.60. The smallest absolute Gasteiger partial charge is 0.266 e. The van der Waals surface area contributed by atoms with E-state index in [1.165, 1.54) is 0 Å². The van der Waals surface area contributed by atoms with Crippen LogP contribution in [0.4, 0.5) is 5.82 Å². The van der Waals surface area contributed by atoms with Crippen LogP contribution in [0.2, 0.25) is 0 Å². The summed E-state index contributed by atoms with van der Waals surface area (Å²) in [5, 5.41) is 2.81. The molecule has 1 fully saturated rings. The Morgan fingerprint density at radius 1 is 1.24 bits per heavy atom. The van der Waals surface area contributed by atoms with Crippen LogP contribution in [0.1, 0.15) is 31.4 Å². The maximum Gasteiger partial charge on any atom is 0.266 e. The number of anilines is 1. The maximum atomic E-state index is 12.2. The molecule has 2 aromatic rings. The van der Waals surface area contributed by atoms with Gasteiger partial charge in [-0.1, -0.05) is 18.2 Å². The van der Waals surface area contributed by atoms with Crippen molar-refractivity contribution in [3.63, 3.8) is 0 Å². The number of carbonyl (C=O) groups is 1. The molecule has 1 aromatic carbocycles. The first-order chi connectivity index (χ1) is 10.2. The minimum Gasteiger partial charge on any atom is -0.481 e. The number of amides is 1. The lowest BCUT2D eigenvalue weighted by Gasteiger charge is -2.15. The van der Waals surface area contributed by atoms with Crippen LogP contribution in [0.15, 0.2) is 42.7 Å². The number of para-hydroxylation sites is 1. The van der Waals surface area contributed by atoms with Gasteiger partial charge in [0.2, 0.25) is 0 Å². The summed E-state index contributed by atoms with van der Waals surface area (Å²) in [6, 6.07) is 9.28. The Labute approximate surface area is 123 Å². The molecule has 1 N–H and O–H groups in total. The SMILES string of the molecule is CC(Oc1ccccc1)C(=O)Nc1nccnc1C1CC1. The molecule has 21 heavy (non-hydrogen) atoms. The van der Waals surface area contributed by atoms with Crippen molar-refractivity contribution in [2.45, 2.75) is 31.8 Å². The molecule has 1 aliphatic rings. The fraction of sp³-hybridized carbons (Fsp3) is 0.312. The van der Waals surface area contributed by atoms with Gasteiger partial charge in [0.05, 0.1) is 5.69 Å². The molecule has 108 valence electrons. The van der Waals surface area contributed by atoms with Gasteiger partial charge in [0, 0.05) is 18.3 Å². The van der Waals surface area contributed by atoms with E-state index in [0.717, 1.165) is 18.5 Å².